The van der Waals surface area contributed by atoms with Gasteiger partial charge in [-0.2, -0.15) is 5.10 Å². The molecule has 1 amide bonds. The number of halogens is 1. The summed E-state index contributed by atoms with van der Waals surface area (Å²) in [6.07, 6.45) is 6.48. The Morgan fingerprint density at radius 1 is 1.12 bits per heavy atom. The molecular formula is C24H19FN6O2S. The monoisotopic (exact) mass is 474 g/mol. The summed E-state index contributed by atoms with van der Waals surface area (Å²) in [5.41, 5.74) is 2.07. The number of nitrogens with zero attached hydrogens (tertiary/aromatic N) is 3. The molecule has 6 rings (SSSR count). The number of H-pyrrole nitrogens is 1. The number of rotatable bonds is 5. The van der Waals surface area contributed by atoms with E-state index >= 15 is 0 Å². The maximum Gasteiger partial charge on any atom is 0.287 e. The fourth-order valence-corrected chi connectivity index (χ4v) is 6.08. The molecule has 34 heavy (non-hydrogen) atoms. The highest BCUT2D eigenvalue weighted by Gasteiger charge is 2.39. The van der Waals surface area contributed by atoms with Crippen LogP contribution in [0, 0.1) is 5.82 Å². The van der Waals surface area contributed by atoms with E-state index in [0.29, 0.717) is 33.8 Å². The van der Waals surface area contributed by atoms with Crippen molar-refractivity contribution in [3.8, 4) is 11.3 Å². The molecule has 8 nitrogen and oxygen atoms in total. The molecular weight excluding hydrogens is 455 g/mol. The predicted molar refractivity (Wildman–Crippen MR) is 127 cm³/mol. The van der Waals surface area contributed by atoms with Gasteiger partial charge in [-0.3, -0.25) is 9.59 Å². The quantitative estimate of drug-likeness (QED) is 0.383. The van der Waals surface area contributed by atoms with Crippen LogP contribution in [0.15, 0.2) is 53.7 Å². The lowest BCUT2D eigenvalue weighted by Crippen LogP contribution is -2.14. The molecule has 3 heterocycles. The SMILES string of the molecule is O=C(Nc1cc(-c2cc(Nc3ccncn3)c(=O)[nH]n2)ccc1F)c1cc2c(s1)C1CCC2C1. The lowest BCUT2D eigenvalue weighted by Gasteiger charge is -2.09. The van der Waals surface area contributed by atoms with Gasteiger partial charge in [0, 0.05) is 16.6 Å². The third-order valence-electron chi connectivity index (χ3n) is 6.42. The Balaban J connectivity index is 1.26. The number of hydrogen-bond acceptors (Lipinski definition) is 7. The van der Waals surface area contributed by atoms with E-state index in [1.165, 1.54) is 65.6 Å². The molecule has 3 N–H and O–H groups in total. The van der Waals surface area contributed by atoms with Crippen molar-refractivity contribution < 1.29 is 9.18 Å². The molecule has 2 bridgehead atoms. The second kappa shape index (κ2) is 8.14. The van der Waals surface area contributed by atoms with Crippen LogP contribution in [0.25, 0.3) is 11.3 Å². The number of aromatic nitrogens is 4. The van der Waals surface area contributed by atoms with Gasteiger partial charge in [0.2, 0.25) is 0 Å². The van der Waals surface area contributed by atoms with E-state index < -0.39 is 11.4 Å². The first-order valence-corrected chi connectivity index (χ1v) is 11.7. The number of thiophene rings is 1. The Labute approximate surface area is 197 Å². The fraction of sp³-hybridized carbons (Fsp3) is 0.208. The lowest BCUT2D eigenvalue weighted by molar-refractivity contribution is 0.103. The minimum atomic E-state index is -0.551. The van der Waals surface area contributed by atoms with Crippen molar-refractivity contribution in [3.05, 3.63) is 80.4 Å². The lowest BCUT2D eigenvalue weighted by atomic mass is 9.99. The number of amides is 1. The molecule has 0 aliphatic heterocycles. The van der Waals surface area contributed by atoms with E-state index in [1.54, 1.807) is 18.3 Å². The molecule has 2 atom stereocenters. The van der Waals surface area contributed by atoms with Crippen LogP contribution in [0.3, 0.4) is 0 Å². The minimum absolute atomic E-state index is 0.0531. The standard InChI is InChI=1S/C24H19FN6O2S/c25-16-4-3-13(17-10-19(23(32)31-30-17)28-21-5-6-26-11-27-21)8-18(16)29-24(33)20-9-15-12-1-2-14(7-12)22(15)34-20/h3-6,8-12,14H,1-2,7H2,(H,29,33)(H,31,32)(H,26,27,28,30). The smallest absolute Gasteiger partial charge is 0.287 e. The molecule has 0 radical (unpaired) electrons. The molecule has 1 fully saturated rings. The van der Waals surface area contributed by atoms with Gasteiger partial charge in [-0.15, -0.1) is 11.3 Å². The van der Waals surface area contributed by atoms with Gasteiger partial charge in [-0.05, 0) is 73.1 Å². The van der Waals surface area contributed by atoms with E-state index in [0.717, 1.165) is 0 Å². The molecule has 2 unspecified atom stereocenters. The normalized spacial score (nSPS) is 18.0. The van der Waals surface area contributed by atoms with Gasteiger partial charge in [-0.25, -0.2) is 19.5 Å². The number of fused-ring (bicyclic) bond motifs is 5. The summed E-state index contributed by atoms with van der Waals surface area (Å²) in [6.45, 7) is 0. The highest BCUT2D eigenvalue weighted by Crippen LogP contribution is 2.55. The van der Waals surface area contributed by atoms with Crippen LogP contribution < -0.4 is 16.2 Å². The Morgan fingerprint density at radius 2 is 2.00 bits per heavy atom. The van der Waals surface area contributed by atoms with Gasteiger partial charge in [-0.1, -0.05) is 0 Å². The van der Waals surface area contributed by atoms with Gasteiger partial charge in [0.15, 0.2) is 0 Å². The van der Waals surface area contributed by atoms with Crippen LogP contribution in [-0.2, 0) is 0 Å². The van der Waals surface area contributed by atoms with Crippen molar-refractivity contribution >= 4 is 34.4 Å². The number of aromatic amines is 1. The summed E-state index contributed by atoms with van der Waals surface area (Å²) in [6, 6.07) is 9.44. The van der Waals surface area contributed by atoms with Gasteiger partial charge >= 0.3 is 0 Å². The van der Waals surface area contributed by atoms with Crippen molar-refractivity contribution in [1.29, 1.82) is 0 Å². The Morgan fingerprint density at radius 3 is 2.82 bits per heavy atom. The number of anilines is 3. The molecule has 2 aliphatic rings. The van der Waals surface area contributed by atoms with Crippen molar-refractivity contribution in [3.63, 3.8) is 0 Å². The fourth-order valence-electron chi connectivity index (χ4n) is 4.78. The highest BCUT2D eigenvalue weighted by molar-refractivity contribution is 7.14. The van der Waals surface area contributed by atoms with Gasteiger partial charge < -0.3 is 10.6 Å². The highest BCUT2D eigenvalue weighted by atomic mass is 32.1. The zero-order chi connectivity index (χ0) is 23.2. The second-order valence-corrected chi connectivity index (χ2v) is 9.59. The van der Waals surface area contributed by atoms with Gasteiger partial charge in [0.1, 0.15) is 23.6 Å². The third-order valence-corrected chi connectivity index (χ3v) is 7.73. The number of carbonyl (C=O) groups is 1. The Bertz CT molecular complexity index is 1440. The van der Waals surface area contributed by atoms with Crippen LogP contribution in [-0.4, -0.2) is 26.1 Å². The van der Waals surface area contributed by atoms with Crippen LogP contribution in [0.2, 0.25) is 0 Å². The second-order valence-electron chi connectivity index (χ2n) is 8.50. The first-order valence-electron chi connectivity index (χ1n) is 10.9. The number of hydrogen-bond donors (Lipinski definition) is 3. The Hall–Kier alpha value is -3.92. The summed E-state index contributed by atoms with van der Waals surface area (Å²) >= 11 is 1.52. The predicted octanol–water partition coefficient (Wildman–Crippen LogP) is 4.79. The van der Waals surface area contributed by atoms with Gasteiger partial charge in [0.25, 0.3) is 11.5 Å². The molecule has 3 aromatic heterocycles. The van der Waals surface area contributed by atoms with Crippen LogP contribution in [0.5, 0.6) is 0 Å². The molecule has 0 spiro atoms. The first kappa shape index (κ1) is 20.7. The first-order chi connectivity index (χ1) is 16.5. The zero-order valence-electron chi connectivity index (χ0n) is 17.8. The topological polar surface area (TPSA) is 113 Å². The minimum Gasteiger partial charge on any atom is -0.336 e. The van der Waals surface area contributed by atoms with E-state index in [4.69, 9.17) is 0 Å². The van der Waals surface area contributed by atoms with Crippen molar-refractivity contribution in [1.82, 2.24) is 20.2 Å². The largest absolute Gasteiger partial charge is 0.336 e. The van der Waals surface area contributed by atoms with Gasteiger partial charge in [0.05, 0.1) is 16.3 Å². The van der Waals surface area contributed by atoms with E-state index in [1.807, 2.05) is 6.07 Å². The number of nitrogens with one attached hydrogen (secondary N) is 3. The zero-order valence-corrected chi connectivity index (χ0v) is 18.7. The molecule has 1 aromatic carbocycles. The van der Waals surface area contributed by atoms with Crippen molar-refractivity contribution in [2.45, 2.75) is 31.1 Å². The molecule has 0 saturated heterocycles. The van der Waals surface area contributed by atoms with E-state index in [2.05, 4.69) is 30.8 Å². The summed E-state index contributed by atoms with van der Waals surface area (Å²) in [4.78, 5) is 34.9. The summed E-state index contributed by atoms with van der Waals surface area (Å²) < 4.78 is 14.6. The molecule has 1 saturated carbocycles. The maximum atomic E-state index is 14.6. The van der Waals surface area contributed by atoms with Crippen LogP contribution in [0.4, 0.5) is 21.6 Å². The third kappa shape index (κ3) is 3.65. The molecule has 10 heteroatoms. The maximum absolute atomic E-state index is 14.6. The van der Waals surface area contributed by atoms with Crippen molar-refractivity contribution in [2.24, 2.45) is 0 Å². The van der Waals surface area contributed by atoms with E-state index in [9.17, 15) is 14.0 Å². The summed E-state index contributed by atoms with van der Waals surface area (Å²) in [5.74, 6) is 0.707. The molecule has 170 valence electrons. The summed E-state index contributed by atoms with van der Waals surface area (Å²) in [5, 5.41) is 12.1. The number of carbonyl (C=O) groups excluding carboxylic acids is 1. The molecule has 2 aliphatic carbocycles. The summed E-state index contributed by atoms with van der Waals surface area (Å²) in [7, 11) is 0. The molecule has 4 aromatic rings. The van der Waals surface area contributed by atoms with Crippen molar-refractivity contribution in [2.75, 3.05) is 10.6 Å². The number of benzene rings is 1. The van der Waals surface area contributed by atoms with E-state index in [-0.39, 0.29) is 17.3 Å². The Kier molecular flexibility index (Phi) is 4.95. The average molecular weight is 475 g/mol. The van der Waals surface area contributed by atoms with Crippen LogP contribution >= 0.6 is 11.3 Å². The average Bonchev–Trinajstić information content (AvgIpc) is 3.57. The van der Waals surface area contributed by atoms with Crippen LogP contribution in [0.1, 0.15) is 51.2 Å².